The standard InChI is InChI=1S/C20H24ClNO3S/c1-25-19-13-16-8-2-3-9-17(16)14-20(19)26(23,24)22-12-6-10-15-7-4-5-11-18(15)21/h4-5,7,11,13-14,22H,2-3,6,8-10,12H2,1H3. The minimum atomic E-state index is -3.61. The predicted octanol–water partition coefficient (Wildman–Crippen LogP) is 4.14. The third-order valence-corrected chi connectivity index (χ3v) is 6.64. The molecule has 1 N–H and O–H groups in total. The summed E-state index contributed by atoms with van der Waals surface area (Å²) in [5, 5.41) is 0.715. The van der Waals surface area contributed by atoms with E-state index in [4.69, 9.17) is 16.3 Å². The fraction of sp³-hybridized carbons (Fsp3) is 0.400. The van der Waals surface area contributed by atoms with Crippen LogP contribution in [-0.4, -0.2) is 22.1 Å². The molecule has 0 bridgehead atoms. The Balaban J connectivity index is 1.69. The van der Waals surface area contributed by atoms with Crippen LogP contribution in [0.2, 0.25) is 5.02 Å². The number of benzene rings is 2. The summed E-state index contributed by atoms with van der Waals surface area (Å²) >= 11 is 6.14. The summed E-state index contributed by atoms with van der Waals surface area (Å²) in [4.78, 5) is 0.235. The summed E-state index contributed by atoms with van der Waals surface area (Å²) in [7, 11) is -2.09. The molecule has 0 saturated carbocycles. The van der Waals surface area contributed by atoms with Crippen molar-refractivity contribution in [1.29, 1.82) is 0 Å². The van der Waals surface area contributed by atoms with Crippen LogP contribution in [0.25, 0.3) is 0 Å². The molecule has 2 aromatic carbocycles. The fourth-order valence-corrected chi connectivity index (χ4v) is 4.88. The second kappa shape index (κ2) is 8.42. The van der Waals surface area contributed by atoms with Crippen LogP contribution in [0.5, 0.6) is 5.75 Å². The van der Waals surface area contributed by atoms with Gasteiger partial charge in [-0.25, -0.2) is 13.1 Å². The van der Waals surface area contributed by atoms with Crippen molar-refractivity contribution in [1.82, 2.24) is 4.72 Å². The molecular weight excluding hydrogens is 370 g/mol. The summed E-state index contributed by atoms with van der Waals surface area (Å²) < 4.78 is 33.6. The van der Waals surface area contributed by atoms with E-state index >= 15 is 0 Å². The Bertz CT molecular complexity index is 881. The van der Waals surface area contributed by atoms with Crippen LogP contribution in [-0.2, 0) is 29.3 Å². The smallest absolute Gasteiger partial charge is 0.244 e. The number of hydrogen-bond donors (Lipinski definition) is 1. The predicted molar refractivity (Wildman–Crippen MR) is 105 cm³/mol. The molecule has 0 amide bonds. The van der Waals surface area contributed by atoms with Crippen molar-refractivity contribution < 1.29 is 13.2 Å². The maximum Gasteiger partial charge on any atom is 0.244 e. The van der Waals surface area contributed by atoms with Crippen LogP contribution in [0.15, 0.2) is 41.3 Å². The summed E-state index contributed by atoms with van der Waals surface area (Å²) in [6, 6.07) is 11.3. The van der Waals surface area contributed by atoms with E-state index in [1.165, 1.54) is 12.7 Å². The van der Waals surface area contributed by atoms with Gasteiger partial charge in [0.15, 0.2) is 0 Å². The summed E-state index contributed by atoms with van der Waals surface area (Å²) in [5.74, 6) is 0.421. The van der Waals surface area contributed by atoms with Gasteiger partial charge in [-0.05, 0) is 73.4 Å². The van der Waals surface area contributed by atoms with E-state index in [2.05, 4.69) is 4.72 Å². The molecular formula is C20H24ClNO3S. The van der Waals surface area contributed by atoms with E-state index in [0.29, 0.717) is 23.7 Å². The first-order valence-electron chi connectivity index (χ1n) is 8.94. The largest absolute Gasteiger partial charge is 0.495 e. The van der Waals surface area contributed by atoms with Gasteiger partial charge in [0, 0.05) is 11.6 Å². The number of nitrogens with one attached hydrogen (secondary N) is 1. The number of halogens is 1. The molecule has 0 radical (unpaired) electrons. The van der Waals surface area contributed by atoms with Crippen LogP contribution in [0.3, 0.4) is 0 Å². The Labute approximate surface area is 160 Å². The molecule has 0 fully saturated rings. The lowest BCUT2D eigenvalue weighted by Gasteiger charge is -2.19. The van der Waals surface area contributed by atoms with Gasteiger partial charge in [-0.3, -0.25) is 0 Å². The van der Waals surface area contributed by atoms with Gasteiger partial charge >= 0.3 is 0 Å². The van der Waals surface area contributed by atoms with Gasteiger partial charge in [0.05, 0.1) is 7.11 Å². The number of rotatable bonds is 7. The zero-order valence-electron chi connectivity index (χ0n) is 14.9. The second-order valence-electron chi connectivity index (χ2n) is 6.57. The molecule has 6 heteroatoms. The summed E-state index contributed by atoms with van der Waals surface area (Å²) in [6.07, 6.45) is 5.55. The minimum absolute atomic E-state index is 0.235. The number of aryl methyl sites for hydroxylation is 3. The quantitative estimate of drug-likeness (QED) is 0.719. The number of fused-ring (bicyclic) bond motifs is 1. The average Bonchev–Trinajstić information content (AvgIpc) is 2.65. The van der Waals surface area contributed by atoms with E-state index in [9.17, 15) is 8.42 Å². The Morgan fingerprint density at radius 2 is 1.81 bits per heavy atom. The third-order valence-electron chi connectivity index (χ3n) is 4.79. The van der Waals surface area contributed by atoms with Gasteiger partial charge in [0.1, 0.15) is 10.6 Å². The van der Waals surface area contributed by atoms with Crippen molar-refractivity contribution >= 4 is 21.6 Å². The van der Waals surface area contributed by atoms with E-state index in [-0.39, 0.29) is 4.90 Å². The molecule has 140 valence electrons. The van der Waals surface area contributed by atoms with E-state index in [1.54, 1.807) is 6.07 Å². The Hall–Kier alpha value is -1.56. The van der Waals surface area contributed by atoms with Crippen molar-refractivity contribution in [2.45, 2.75) is 43.4 Å². The van der Waals surface area contributed by atoms with Crippen LogP contribution < -0.4 is 9.46 Å². The van der Waals surface area contributed by atoms with Crippen molar-refractivity contribution in [3.05, 3.63) is 58.1 Å². The molecule has 0 aromatic heterocycles. The summed E-state index contributed by atoms with van der Waals surface area (Å²) in [5.41, 5.74) is 3.35. The maximum absolute atomic E-state index is 12.8. The van der Waals surface area contributed by atoms with Crippen molar-refractivity contribution in [2.24, 2.45) is 0 Å². The van der Waals surface area contributed by atoms with Crippen molar-refractivity contribution in [3.8, 4) is 5.75 Å². The van der Waals surface area contributed by atoms with Gasteiger partial charge in [-0.15, -0.1) is 0 Å². The zero-order chi connectivity index (χ0) is 18.6. The third kappa shape index (κ3) is 4.40. The van der Waals surface area contributed by atoms with Crippen LogP contribution in [0, 0.1) is 0 Å². The highest BCUT2D eigenvalue weighted by Gasteiger charge is 2.22. The Kier molecular flexibility index (Phi) is 6.22. The van der Waals surface area contributed by atoms with Crippen LogP contribution >= 0.6 is 11.6 Å². The highest BCUT2D eigenvalue weighted by Crippen LogP contribution is 2.31. The number of sulfonamides is 1. The Morgan fingerprint density at radius 1 is 1.12 bits per heavy atom. The SMILES string of the molecule is COc1cc2c(cc1S(=O)(=O)NCCCc1ccccc1Cl)CCCC2. The molecule has 0 aliphatic heterocycles. The zero-order valence-corrected chi connectivity index (χ0v) is 16.5. The molecule has 2 aromatic rings. The highest BCUT2D eigenvalue weighted by atomic mass is 35.5. The first-order valence-corrected chi connectivity index (χ1v) is 10.8. The summed E-state index contributed by atoms with van der Waals surface area (Å²) in [6.45, 7) is 0.355. The topological polar surface area (TPSA) is 55.4 Å². The van der Waals surface area contributed by atoms with E-state index in [0.717, 1.165) is 43.2 Å². The average molecular weight is 394 g/mol. The van der Waals surface area contributed by atoms with Gasteiger partial charge in [-0.1, -0.05) is 29.8 Å². The monoisotopic (exact) mass is 393 g/mol. The van der Waals surface area contributed by atoms with Gasteiger partial charge in [0.25, 0.3) is 0 Å². The number of hydrogen-bond acceptors (Lipinski definition) is 3. The number of ether oxygens (including phenoxy) is 1. The normalized spacial score (nSPS) is 14.1. The minimum Gasteiger partial charge on any atom is -0.495 e. The molecule has 0 atom stereocenters. The van der Waals surface area contributed by atoms with Gasteiger partial charge in [-0.2, -0.15) is 0 Å². The molecule has 3 rings (SSSR count). The lowest BCUT2D eigenvalue weighted by molar-refractivity contribution is 0.401. The van der Waals surface area contributed by atoms with Gasteiger partial charge < -0.3 is 4.74 Å². The van der Waals surface area contributed by atoms with Crippen molar-refractivity contribution in [2.75, 3.05) is 13.7 Å². The van der Waals surface area contributed by atoms with Crippen molar-refractivity contribution in [3.63, 3.8) is 0 Å². The Morgan fingerprint density at radius 3 is 2.50 bits per heavy atom. The molecule has 0 unspecified atom stereocenters. The van der Waals surface area contributed by atoms with E-state index < -0.39 is 10.0 Å². The van der Waals surface area contributed by atoms with E-state index in [1.807, 2.05) is 30.3 Å². The molecule has 0 heterocycles. The lowest BCUT2D eigenvalue weighted by atomic mass is 9.92. The fourth-order valence-electron chi connectivity index (χ4n) is 3.37. The second-order valence-corrected chi connectivity index (χ2v) is 8.71. The first kappa shape index (κ1) is 19.2. The molecule has 26 heavy (non-hydrogen) atoms. The molecule has 0 saturated heterocycles. The number of methoxy groups -OCH3 is 1. The van der Waals surface area contributed by atoms with Crippen LogP contribution in [0.4, 0.5) is 0 Å². The first-order chi connectivity index (χ1) is 12.5. The molecule has 0 spiro atoms. The molecule has 1 aliphatic carbocycles. The highest BCUT2D eigenvalue weighted by molar-refractivity contribution is 7.89. The van der Waals surface area contributed by atoms with Crippen LogP contribution in [0.1, 0.15) is 36.0 Å². The molecule has 4 nitrogen and oxygen atoms in total. The molecule has 1 aliphatic rings. The van der Waals surface area contributed by atoms with Gasteiger partial charge in [0.2, 0.25) is 10.0 Å². The lowest BCUT2D eigenvalue weighted by Crippen LogP contribution is -2.26. The maximum atomic E-state index is 12.8.